The maximum Gasteiger partial charge on any atom is 0.243 e. The van der Waals surface area contributed by atoms with Gasteiger partial charge < -0.3 is 9.47 Å². The highest BCUT2D eigenvalue weighted by atomic mass is 32.2. The largest absolute Gasteiger partial charge is 0.355 e. The Bertz CT molecular complexity index is 697. The first-order valence-corrected chi connectivity index (χ1v) is 9.04. The van der Waals surface area contributed by atoms with Crippen LogP contribution in [0.15, 0.2) is 28.0 Å². The molecule has 1 aromatic rings. The maximum atomic E-state index is 13.7. The molecule has 0 bridgehead atoms. The number of sulfonamides is 1. The van der Waals surface area contributed by atoms with Gasteiger partial charge >= 0.3 is 0 Å². The van der Waals surface area contributed by atoms with Crippen LogP contribution in [0.2, 0.25) is 0 Å². The van der Waals surface area contributed by atoms with Crippen molar-refractivity contribution in [3.8, 4) is 0 Å². The molecular formula is C11H16FNO6S2. The van der Waals surface area contributed by atoms with E-state index < -0.39 is 36.9 Å². The fraction of sp³-hybridized carbons (Fsp3) is 0.455. The van der Waals surface area contributed by atoms with Crippen molar-refractivity contribution in [2.45, 2.75) is 16.1 Å². The maximum absolute atomic E-state index is 13.7. The van der Waals surface area contributed by atoms with Gasteiger partial charge in [-0.2, -0.15) is 0 Å². The number of methoxy groups -OCH3 is 2. The molecule has 1 rings (SSSR count). The third-order valence-corrected chi connectivity index (χ3v) is 5.13. The molecule has 120 valence electrons. The predicted molar refractivity (Wildman–Crippen MR) is 72.5 cm³/mol. The second kappa shape index (κ2) is 6.79. The molecule has 0 heterocycles. The van der Waals surface area contributed by atoms with Crippen molar-refractivity contribution < 1.29 is 30.7 Å². The van der Waals surface area contributed by atoms with Crippen molar-refractivity contribution in [2.24, 2.45) is 0 Å². The Balaban J connectivity index is 3.14. The summed E-state index contributed by atoms with van der Waals surface area (Å²) in [5.41, 5.74) is 0. The number of benzene rings is 1. The molecular weight excluding hydrogens is 325 g/mol. The van der Waals surface area contributed by atoms with Crippen molar-refractivity contribution in [2.75, 3.05) is 27.0 Å². The molecule has 0 fully saturated rings. The molecule has 1 aromatic carbocycles. The van der Waals surface area contributed by atoms with Crippen LogP contribution in [0.1, 0.15) is 0 Å². The molecule has 0 atom stereocenters. The van der Waals surface area contributed by atoms with Crippen LogP contribution in [0.3, 0.4) is 0 Å². The van der Waals surface area contributed by atoms with Crippen LogP contribution in [0, 0.1) is 5.82 Å². The Hall–Kier alpha value is -1.07. The molecule has 0 spiro atoms. The van der Waals surface area contributed by atoms with Gasteiger partial charge in [0.25, 0.3) is 0 Å². The molecule has 0 aliphatic rings. The van der Waals surface area contributed by atoms with Crippen LogP contribution in [-0.2, 0) is 29.3 Å². The van der Waals surface area contributed by atoms with E-state index in [2.05, 4.69) is 4.72 Å². The Morgan fingerprint density at radius 2 is 1.76 bits per heavy atom. The van der Waals surface area contributed by atoms with E-state index in [0.29, 0.717) is 0 Å². The monoisotopic (exact) mass is 341 g/mol. The second-order valence-electron chi connectivity index (χ2n) is 4.12. The van der Waals surface area contributed by atoms with Gasteiger partial charge in [0.2, 0.25) is 10.0 Å². The number of halogens is 1. The average molecular weight is 341 g/mol. The van der Waals surface area contributed by atoms with Crippen LogP contribution < -0.4 is 4.72 Å². The van der Waals surface area contributed by atoms with Gasteiger partial charge in [0, 0.05) is 20.5 Å². The van der Waals surface area contributed by atoms with Gasteiger partial charge in [-0.3, -0.25) is 0 Å². The molecule has 0 radical (unpaired) electrons. The molecule has 1 N–H and O–H groups in total. The lowest BCUT2D eigenvalue weighted by Gasteiger charge is -2.14. The predicted octanol–water partition coefficient (Wildman–Crippen LogP) is 0.126. The van der Waals surface area contributed by atoms with E-state index in [-0.39, 0.29) is 11.4 Å². The van der Waals surface area contributed by atoms with Crippen molar-refractivity contribution in [1.29, 1.82) is 0 Å². The van der Waals surface area contributed by atoms with E-state index in [4.69, 9.17) is 9.47 Å². The zero-order valence-corrected chi connectivity index (χ0v) is 13.3. The van der Waals surface area contributed by atoms with Crippen molar-refractivity contribution >= 4 is 19.9 Å². The number of hydrogen-bond acceptors (Lipinski definition) is 6. The van der Waals surface area contributed by atoms with Crippen LogP contribution in [0.4, 0.5) is 4.39 Å². The summed E-state index contributed by atoms with van der Waals surface area (Å²) in [5.74, 6) is -1.05. The molecule has 7 nitrogen and oxygen atoms in total. The summed E-state index contributed by atoms with van der Waals surface area (Å²) in [6, 6.07) is 2.55. The number of sulfone groups is 1. The lowest BCUT2D eigenvalue weighted by atomic mass is 10.3. The summed E-state index contributed by atoms with van der Waals surface area (Å²) in [5, 5.41) is 0. The van der Waals surface area contributed by atoms with Gasteiger partial charge in [0.1, 0.15) is 10.7 Å². The highest BCUT2D eigenvalue weighted by Crippen LogP contribution is 2.19. The fourth-order valence-corrected chi connectivity index (χ4v) is 3.28. The van der Waals surface area contributed by atoms with Crippen LogP contribution in [0.5, 0.6) is 0 Å². The minimum Gasteiger partial charge on any atom is -0.355 e. The molecule has 0 aromatic heterocycles. The number of rotatable bonds is 7. The van der Waals surface area contributed by atoms with Gasteiger partial charge in [0.15, 0.2) is 16.1 Å². The smallest absolute Gasteiger partial charge is 0.243 e. The summed E-state index contributed by atoms with van der Waals surface area (Å²) < 4.78 is 72.2. The summed E-state index contributed by atoms with van der Waals surface area (Å²) in [6.45, 7) is -0.252. The summed E-state index contributed by atoms with van der Waals surface area (Å²) >= 11 is 0. The molecule has 0 aliphatic heterocycles. The first-order chi connectivity index (χ1) is 9.61. The Morgan fingerprint density at radius 1 is 1.19 bits per heavy atom. The number of ether oxygens (including phenoxy) is 2. The minimum atomic E-state index is -4.24. The third kappa shape index (κ3) is 4.71. The molecule has 0 amide bonds. The van der Waals surface area contributed by atoms with E-state index in [0.717, 1.165) is 24.5 Å². The average Bonchev–Trinajstić information content (AvgIpc) is 2.38. The fourth-order valence-electron chi connectivity index (χ4n) is 1.44. The minimum absolute atomic E-state index is 0.252. The van der Waals surface area contributed by atoms with E-state index in [1.165, 1.54) is 14.2 Å². The second-order valence-corrected chi connectivity index (χ2v) is 7.87. The van der Waals surface area contributed by atoms with E-state index in [1.807, 2.05) is 0 Å². The Labute approximate surface area is 123 Å². The van der Waals surface area contributed by atoms with Crippen molar-refractivity contribution in [3.63, 3.8) is 0 Å². The number of nitrogens with one attached hydrogen (secondary N) is 1. The highest BCUT2D eigenvalue weighted by molar-refractivity contribution is 7.91. The van der Waals surface area contributed by atoms with Crippen LogP contribution in [-0.4, -0.2) is 50.1 Å². The summed E-state index contributed by atoms with van der Waals surface area (Å²) in [4.78, 5) is -1.05. The standard InChI is InChI=1S/C11H16FNO6S2/c1-18-11(19-2)7-13-21(16,17)10-6-8(20(3,14)15)4-5-9(10)12/h4-6,11,13H,7H2,1-3H3. The lowest BCUT2D eigenvalue weighted by molar-refractivity contribution is -0.0960. The van der Waals surface area contributed by atoms with Crippen LogP contribution in [0.25, 0.3) is 0 Å². The highest BCUT2D eigenvalue weighted by Gasteiger charge is 2.23. The lowest BCUT2D eigenvalue weighted by Crippen LogP contribution is -2.34. The first-order valence-electron chi connectivity index (χ1n) is 5.66. The summed E-state index contributed by atoms with van der Waals surface area (Å²) in [6.07, 6.45) is 0.0524. The van der Waals surface area contributed by atoms with Crippen molar-refractivity contribution in [3.05, 3.63) is 24.0 Å². The van der Waals surface area contributed by atoms with Gasteiger partial charge in [-0.05, 0) is 18.2 Å². The van der Waals surface area contributed by atoms with Gasteiger partial charge in [-0.15, -0.1) is 0 Å². The van der Waals surface area contributed by atoms with Crippen molar-refractivity contribution in [1.82, 2.24) is 4.72 Å². The molecule has 0 unspecified atom stereocenters. The summed E-state index contributed by atoms with van der Waals surface area (Å²) in [7, 11) is -5.26. The van der Waals surface area contributed by atoms with E-state index in [1.54, 1.807) is 0 Å². The quantitative estimate of drug-likeness (QED) is 0.559. The zero-order valence-electron chi connectivity index (χ0n) is 11.7. The normalized spacial score (nSPS) is 12.8. The Morgan fingerprint density at radius 3 is 2.24 bits per heavy atom. The Kier molecular flexibility index (Phi) is 5.82. The van der Waals surface area contributed by atoms with E-state index in [9.17, 15) is 21.2 Å². The van der Waals surface area contributed by atoms with Gasteiger partial charge in [0.05, 0.1) is 11.4 Å². The molecule has 0 saturated heterocycles. The third-order valence-electron chi connectivity index (χ3n) is 2.59. The molecule has 10 heteroatoms. The van der Waals surface area contributed by atoms with Crippen LogP contribution >= 0.6 is 0 Å². The molecule has 0 saturated carbocycles. The van der Waals surface area contributed by atoms with E-state index >= 15 is 0 Å². The topological polar surface area (TPSA) is 98.8 Å². The molecule has 21 heavy (non-hydrogen) atoms. The first kappa shape index (κ1) is 18.0. The number of hydrogen-bond donors (Lipinski definition) is 1. The zero-order chi connectivity index (χ0) is 16.3. The SMILES string of the molecule is COC(CNS(=O)(=O)c1cc(S(C)(=O)=O)ccc1F)OC. The molecule has 0 aliphatic carbocycles. The van der Waals surface area contributed by atoms with Gasteiger partial charge in [-0.25, -0.2) is 25.9 Å². The van der Waals surface area contributed by atoms with Gasteiger partial charge in [-0.1, -0.05) is 0 Å².